The fourth-order valence-corrected chi connectivity index (χ4v) is 3.65. The Labute approximate surface area is 146 Å². The molecule has 7 heteroatoms. The number of thiazole rings is 1. The van der Waals surface area contributed by atoms with Gasteiger partial charge >= 0.3 is 0 Å². The summed E-state index contributed by atoms with van der Waals surface area (Å²) in [5.41, 5.74) is 7.53. The normalized spacial score (nSPS) is 11.1. The molecule has 0 aliphatic rings. The number of methoxy groups -OCH3 is 2. The van der Waals surface area contributed by atoms with E-state index in [4.69, 9.17) is 19.6 Å². The van der Waals surface area contributed by atoms with Crippen molar-refractivity contribution >= 4 is 37.7 Å². The van der Waals surface area contributed by atoms with E-state index < -0.39 is 0 Å². The van der Waals surface area contributed by atoms with Crippen LogP contribution in [-0.4, -0.2) is 19.2 Å². The molecule has 2 aromatic heterocycles. The van der Waals surface area contributed by atoms with Crippen molar-refractivity contribution in [2.24, 2.45) is 0 Å². The Hall–Kier alpha value is -3.06. The van der Waals surface area contributed by atoms with Crippen molar-refractivity contribution in [2.75, 3.05) is 20.0 Å². The Bertz CT molecular complexity index is 1160. The molecule has 0 radical (unpaired) electrons. The van der Waals surface area contributed by atoms with Crippen molar-refractivity contribution in [3.63, 3.8) is 0 Å². The van der Waals surface area contributed by atoms with Gasteiger partial charge in [0.2, 0.25) is 0 Å². The molecule has 0 saturated carbocycles. The zero-order valence-electron chi connectivity index (χ0n) is 13.5. The van der Waals surface area contributed by atoms with Gasteiger partial charge in [-0.25, -0.2) is 4.98 Å². The molecule has 0 aliphatic carbocycles. The van der Waals surface area contributed by atoms with E-state index in [1.165, 1.54) is 17.4 Å². The number of fused-ring (bicyclic) bond motifs is 3. The molecule has 0 saturated heterocycles. The van der Waals surface area contributed by atoms with Crippen LogP contribution < -0.4 is 20.6 Å². The van der Waals surface area contributed by atoms with Gasteiger partial charge in [-0.2, -0.15) is 0 Å². The number of aromatic nitrogens is 1. The van der Waals surface area contributed by atoms with Crippen LogP contribution in [0.5, 0.6) is 11.5 Å². The molecule has 0 atom stereocenters. The first-order chi connectivity index (χ1) is 12.1. The standard InChI is InChI=1S/C18H14N2O4S/c1-22-12-5-3-9(7-15(12)23-2)14-8-11(21)16-13(24-14)6-4-10-17(16)25-18(19)20-10/h3-8H,1-2H3,(H2,19,20). The van der Waals surface area contributed by atoms with E-state index in [-0.39, 0.29) is 5.43 Å². The number of nitrogens with zero attached hydrogens (tertiary/aromatic N) is 1. The minimum absolute atomic E-state index is 0.139. The Morgan fingerprint density at radius 2 is 1.88 bits per heavy atom. The second-order valence-corrected chi connectivity index (χ2v) is 6.41. The van der Waals surface area contributed by atoms with Gasteiger partial charge < -0.3 is 19.6 Å². The van der Waals surface area contributed by atoms with E-state index in [1.54, 1.807) is 38.5 Å². The van der Waals surface area contributed by atoms with Gasteiger partial charge in [0.1, 0.15) is 11.3 Å². The van der Waals surface area contributed by atoms with Gasteiger partial charge in [0.15, 0.2) is 22.1 Å². The smallest absolute Gasteiger partial charge is 0.194 e. The fourth-order valence-electron chi connectivity index (χ4n) is 2.78. The lowest BCUT2D eigenvalue weighted by Gasteiger charge is -2.09. The predicted octanol–water partition coefficient (Wildman–Crippen LogP) is 3.67. The monoisotopic (exact) mass is 354 g/mol. The summed E-state index contributed by atoms with van der Waals surface area (Å²) in [6.45, 7) is 0. The first-order valence-corrected chi connectivity index (χ1v) is 8.27. The van der Waals surface area contributed by atoms with Crippen molar-refractivity contribution in [3.8, 4) is 22.8 Å². The van der Waals surface area contributed by atoms with Crippen LogP contribution in [0.2, 0.25) is 0 Å². The van der Waals surface area contributed by atoms with Gasteiger partial charge in [-0.1, -0.05) is 11.3 Å². The summed E-state index contributed by atoms with van der Waals surface area (Å²) >= 11 is 1.28. The number of nitrogen functional groups attached to an aromatic ring is 1. The zero-order chi connectivity index (χ0) is 17.6. The van der Waals surface area contributed by atoms with Crippen LogP contribution in [0, 0.1) is 0 Å². The van der Waals surface area contributed by atoms with Gasteiger partial charge in [0.05, 0.1) is 29.8 Å². The van der Waals surface area contributed by atoms with Crippen LogP contribution in [0.4, 0.5) is 5.13 Å². The molecule has 25 heavy (non-hydrogen) atoms. The minimum atomic E-state index is -0.139. The van der Waals surface area contributed by atoms with E-state index >= 15 is 0 Å². The Balaban J connectivity index is 1.95. The van der Waals surface area contributed by atoms with Crippen LogP contribution >= 0.6 is 11.3 Å². The molecule has 4 aromatic rings. The number of anilines is 1. The summed E-state index contributed by atoms with van der Waals surface area (Å²) in [7, 11) is 3.13. The lowest BCUT2D eigenvalue weighted by atomic mass is 10.1. The summed E-state index contributed by atoms with van der Waals surface area (Å²) in [5.74, 6) is 1.62. The van der Waals surface area contributed by atoms with Gasteiger partial charge in [0.25, 0.3) is 0 Å². The average molecular weight is 354 g/mol. The van der Waals surface area contributed by atoms with E-state index in [0.717, 1.165) is 10.3 Å². The SMILES string of the molecule is COc1ccc(-c2cc(=O)c3c(ccc4nc(N)sc43)o2)cc1OC. The molecular weight excluding hydrogens is 340 g/mol. The van der Waals surface area contributed by atoms with Gasteiger partial charge in [-0.3, -0.25) is 4.79 Å². The number of benzene rings is 2. The highest BCUT2D eigenvalue weighted by atomic mass is 32.1. The fraction of sp³-hybridized carbons (Fsp3) is 0.111. The second kappa shape index (κ2) is 5.78. The number of nitrogens with two attached hydrogens (primary N) is 1. The second-order valence-electron chi connectivity index (χ2n) is 5.38. The molecular formula is C18H14N2O4S. The highest BCUT2D eigenvalue weighted by Gasteiger charge is 2.14. The van der Waals surface area contributed by atoms with E-state index in [2.05, 4.69) is 4.98 Å². The summed E-state index contributed by atoms with van der Waals surface area (Å²) in [6.07, 6.45) is 0. The third kappa shape index (κ3) is 2.49. The lowest BCUT2D eigenvalue weighted by Crippen LogP contribution is -2.00. The lowest BCUT2D eigenvalue weighted by molar-refractivity contribution is 0.355. The van der Waals surface area contributed by atoms with Crippen LogP contribution in [0.15, 0.2) is 45.6 Å². The van der Waals surface area contributed by atoms with Gasteiger partial charge in [0, 0.05) is 11.6 Å². The third-order valence-corrected chi connectivity index (χ3v) is 4.85. The Morgan fingerprint density at radius 3 is 2.64 bits per heavy atom. The zero-order valence-corrected chi connectivity index (χ0v) is 14.3. The average Bonchev–Trinajstić information content (AvgIpc) is 3.00. The molecule has 0 amide bonds. The molecule has 6 nitrogen and oxygen atoms in total. The predicted molar refractivity (Wildman–Crippen MR) is 98.6 cm³/mol. The van der Waals surface area contributed by atoms with Crippen molar-refractivity contribution in [3.05, 3.63) is 46.6 Å². The maximum Gasteiger partial charge on any atom is 0.194 e. The van der Waals surface area contributed by atoms with Crippen molar-refractivity contribution in [1.29, 1.82) is 0 Å². The van der Waals surface area contributed by atoms with Crippen molar-refractivity contribution in [2.45, 2.75) is 0 Å². The summed E-state index contributed by atoms with van der Waals surface area (Å²) in [6, 6.07) is 10.4. The Morgan fingerprint density at radius 1 is 1.08 bits per heavy atom. The number of hydrogen-bond donors (Lipinski definition) is 1. The molecule has 0 spiro atoms. The van der Waals surface area contributed by atoms with E-state index in [1.807, 2.05) is 6.07 Å². The molecule has 2 aromatic carbocycles. The molecule has 0 bridgehead atoms. The molecule has 126 valence electrons. The molecule has 0 fully saturated rings. The van der Waals surface area contributed by atoms with Crippen molar-refractivity contribution < 1.29 is 13.9 Å². The quantitative estimate of drug-likeness (QED) is 0.604. The van der Waals surface area contributed by atoms with Gasteiger partial charge in [-0.05, 0) is 30.3 Å². The maximum absolute atomic E-state index is 12.7. The molecule has 2 heterocycles. The number of rotatable bonds is 3. The minimum Gasteiger partial charge on any atom is -0.493 e. The molecule has 2 N–H and O–H groups in total. The number of hydrogen-bond acceptors (Lipinski definition) is 7. The van der Waals surface area contributed by atoms with E-state index in [0.29, 0.717) is 38.9 Å². The van der Waals surface area contributed by atoms with Crippen LogP contribution in [0.1, 0.15) is 0 Å². The maximum atomic E-state index is 12.7. The van der Waals surface area contributed by atoms with E-state index in [9.17, 15) is 4.79 Å². The highest BCUT2D eigenvalue weighted by Crippen LogP contribution is 2.34. The van der Waals surface area contributed by atoms with Crippen LogP contribution in [0.25, 0.3) is 32.5 Å². The van der Waals surface area contributed by atoms with Gasteiger partial charge in [-0.15, -0.1) is 0 Å². The third-order valence-electron chi connectivity index (χ3n) is 3.93. The first-order valence-electron chi connectivity index (χ1n) is 7.46. The summed E-state index contributed by atoms with van der Waals surface area (Å²) in [5, 5.41) is 0.918. The largest absolute Gasteiger partial charge is 0.493 e. The summed E-state index contributed by atoms with van der Waals surface area (Å²) < 4.78 is 17.2. The van der Waals surface area contributed by atoms with Crippen LogP contribution in [0.3, 0.4) is 0 Å². The number of ether oxygens (including phenoxy) is 2. The molecule has 0 aliphatic heterocycles. The molecule has 4 rings (SSSR count). The topological polar surface area (TPSA) is 87.6 Å². The first kappa shape index (κ1) is 15.5. The molecule has 0 unspecified atom stereocenters. The Kier molecular flexibility index (Phi) is 3.58. The highest BCUT2D eigenvalue weighted by molar-refractivity contribution is 7.22. The summed E-state index contributed by atoms with van der Waals surface area (Å²) in [4.78, 5) is 16.9. The van der Waals surface area contributed by atoms with Crippen molar-refractivity contribution in [1.82, 2.24) is 4.98 Å². The van der Waals surface area contributed by atoms with Crippen LogP contribution in [-0.2, 0) is 0 Å².